The van der Waals surface area contributed by atoms with Crippen molar-refractivity contribution in [3.05, 3.63) is 30.4 Å². The molecule has 4 rings (SSSR count). The van der Waals surface area contributed by atoms with Crippen LogP contribution in [-0.2, 0) is 0 Å². The average molecular weight is 385 g/mol. The zero-order valence-corrected chi connectivity index (χ0v) is 15.7. The highest BCUT2D eigenvalue weighted by atomic mass is 16.5. The predicted octanol–water partition coefficient (Wildman–Crippen LogP) is 2.70. The number of likely N-dealkylation sites (tertiary alicyclic amines) is 1. The predicted molar refractivity (Wildman–Crippen MR) is 101 cm³/mol. The zero-order chi connectivity index (χ0) is 19.5. The van der Waals surface area contributed by atoms with E-state index < -0.39 is 6.09 Å². The number of aryl methyl sites for hydroxylation is 1. The number of anilines is 1. The molecule has 4 heterocycles. The number of nitrogens with zero attached hydrogens (tertiary/aromatic N) is 5. The fourth-order valence-corrected chi connectivity index (χ4v) is 3.67. The number of carbonyl (C=O) groups is 1. The summed E-state index contributed by atoms with van der Waals surface area (Å²) in [5.41, 5.74) is 0.765. The van der Waals surface area contributed by atoms with E-state index in [9.17, 15) is 9.90 Å². The van der Waals surface area contributed by atoms with E-state index in [1.54, 1.807) is 6.20 Å². The maximum Gasteiger partial charge on any atom is 0.407 e. The van der Waals surface area contributed by atoms with Gasteiger partial charge in [0.2, 0.25) is 5.75 Å². The first-order valence-corrected chi connectivity index (χ1v) is 9.45. The van der Waals surface area contributed by atoms with Gasteiger partial charge in [0, 0.05) is 31.9 Å². The lowest BCUT2D eigenvalue weighted by Gasteiger charge is -2.37. The molecular weight excluding hydrogens is 362 g/mol. The van der Waals surface area contributed by atoms with Crippen molar-refractivity contribution in [1.29, 1.82) is 0 Å². The van der Waals surface area contributed by atoms with Gasteiger partial charge in [-0.05, 0) is 38.3 Å². The zero-order valence-electron chi connectivity index (χ0n) is 15.7. The number of hydrogen-bond donors (Lipinski definition) is 1. The molecule has 0 bridgehead atoms. The number of pyridine rings is 1. The second-order valence-corrected chi connectivity index (χ2v) is 6.92. The van der Waals surface area contributed by atoms with E-state index in [0.717, 1.165) is 31.5 Å². The minimum Gasteiger partial charge on any atom is -0.485 e. The first-order chi connectivity index (χ1) is 13.6. The molecule has 28 heavy (non-hydrogen) atoms. The second kappa shape index (κ2) is 7.87. The highest BCUT2D eigenvalue weighted by Gasteiger charge is 2.32. The van der Waals surface area contributed by atoms with Gasteiger partial charge in [-0.15, -0.1) is 0 Å². The number of fused-ring (bicyclic) bond motifs is 1. The fraction of sp³-hybridized carbons (Fsp3) is 0.474. The topological polar surface area (TPSA) is 101 Å². The van der Waals surface area contributed by atoms with Crippen LogP contribution in [0.4, 0.5) is 10.6 Å². The van der Waals surface area contributed by atoms with Crippen molar-refractivity contribution >= 4 is 11.9 Å². The van der Waals surface area contributed by atoms with Crippen molar-refractivity contribution in [2.45, 2.75) is 32.2 Å². The molecule has 1 N–H and O–H groups in total. The molecule has 0 aliphatic carbocycles. The largest absolute Gasteiger partial charge is 0.485 e. The Morgan fingerprint density at radius 2 is 2.07 bits per heavy atom. The minimum atomic E-state index is -0.858. The van der Waals surface area contributed by atoms with Crippen LogP contribution in [0.25, 0.3) is 0 Å². The highest BCUT2D eigenvalue weighted by Crippen LogP contribution is 2.40. The monoisotopic (exact) mass is 385 g/mol. The molecule has 1 saturated heterocycles. The number of piperidine rings is 1. The van der Waals surface area contributed by atoms with E-state index in [4.69, 9.17) is 9.47 Å². The first-order valence-electron chi connectivity index (χ1n) is 9.45. The lowest BCUT2D eigenvalue weighted by atomic mass is 10.0. The third-order valence-electron chi connectivity index (χ3n) is 5.15. The molecule has 9 heteroatoms. The molecule has 0 saturated carbocycles. The van der Waals surface area contributed by atoms with Crippen molar-refractivity contribution in [2.75, 3.05) is 31.1 Å². The Hall–Kier alpha value is -3.10. The fourth-order valence-electron chi connectivity index (χ4n) is 3.67. The quantitative estimate of drug-likeness (QED) is 0.861. The van der Waals surface area contributed by atoms with Crippen LogP contribution in [0, 0.1) is 6.92 Å². The first kappa shape index (κ1) is 18.3. The van der Waals surface area contributed by atoms with Crippen LogP contribution >= 0.6 is 0 Å². The van der Waals surface area contributed by atoms with Gasteiger partial charge in [-0.25, -0.2) is 9.78 Å². The van der Waals surface area contributed by atoms with E-state index in [1.807, 2.05) is 19.1 Å². The molecule has 148 valence electrons. The van der Waals surface area contributed by atoms with Crippen molar-refractivity contribution in [3.8, 4) is 17.4 Å². The summed E-state index contributed by atoms with van der Waals surface area (Å²) in [5.74, 6) is 2.23. The highest BCUT2D eigenvalue weighted by molar-refractivity contribution is 5.65. The summed E-state index contributed by atoms with van der Waals surface area (Å²) in [7, 11) is 0. The van der Waals surface area contributed by atoms with Crippen molar-refractivity contribution in [1.82, 2.24) is 19.9 Å². The van der Waals surface area contributed by atoms with Gasteiger partial charge in [-0.3, -0.25) is 4.98 Å². The Morgan fingerprint density at radius 3 is 2.82 bits per heavy atom. The summed E-state index contributed by atoms with van der Waals surface area (Å²) in [6, 6.07) is 3.86. The maximum absolute atomic E-state index is 11.2. The molecule has 1 amide bonds. The molecule has 1 fully saturated rings. The summed E-state index contributed by atoms with van der Waals surface area (Å²) < 4.78 is 12.0. The minimum absolute atomic E-state index is 0.207. The third kappa shape index (κ3) is 3.64. The molecule has 2 aromatic rings. The maximum atomic E-state index is 11.2. The number of aromatic nitrogens is 3. The SMILES string of the molecule is Cc1ncccc1Oc1ncnc2c1OCCCN2C1CCN(C(=O)O)CC1. The van der Waals surface area contributed by atoms with Gasteiger partial charge in [-0.1, -0.05) is 0 Å². The van der Waals surface area contributed by atoms with Gasteiger partial charge in [0.1, 0.15) is 6.33 Å². The number of hydrogen-bond acceptors (Lipinski definition) is 7. The Bertz CT molecular complexity index is 854. The van der Waals surface area contributed by atoms with E-state index in [1.165, 1.54) is 11.2 Å². The molecule has 0 spiro atoms. The van der Waals surface area contributed by atoms with Crippen LogP contribution < -0.4 is 14.4 Å². The Kier molecular flexibility index (Phi) is 5.14. The third-order valence-corrected chi connectivity index (χ3v) is 5.15. The molecule has 2 aliphatic rings. The van der Waals surface area contributed by atoms with Gasteiger partial charge in [-0.2, -0.15) is 4.98 Å². The van der Waals surface area contributed by atoms with Gasteiger partial charge in [0.15, 0.2) is 11.6 Å². The summed E-state index contributed by atoms with van der Waals surface area (Å²) in [4.78, 5) is 27.9. The molecule has 9 nitrogen and oxygen atoms in total. The Labute approximate surface area is 162 Å². The Balaban J connectivity index is 1.60. The summed E-state index contributed by atoms with van der Waals surface area (Å²) in [6.45, 7) is 4.27. The summed E-state index contributed by atoms with van der Waals surface area (Å²) in [6.07, 6.45) is 4.70. The van der Waals surface area contributed by atoms with Gasteiger partial charge in [0.25, 0.3) is 5.88 Å². The number of ether oxygens (including phenoxy) is 2. The van der Waals surface area contributed by atoms with Gasteiger partial charge >= 0.3 is 6.09 Å². The lowest BCUT2D eigenvalue weighted by molar-refractivity contribution is 0.131. The van der Waals surface area contributed by atoms with Crippen molar-refractivity contribution in [3.63, 3.8) is 0 Å². The Morgan fingerprint density at radius 1 is 1.25 bits per heavy atom. The summed E-state index contributed by atoms with van der Waals surface area (Å²) >= 11 is 0. The molecule has 2 aliphatic heterocycles. The van der Waals surface area contributed by atoms with Crippen molar-refractivity contribution < 1.29 is 19.4 Å². The van der Waals surface area contributed by atoms with Crippen LogP contribution in [0.2, 0.25) is 0 Å². The van der Waals surface area contributed by atoms with Gasteiger partial charge in [0.05, 0.1) is 12.3 Å². The lowest BCUT2D eigenvalue weighted by Crippen LogP contribution is -2.47. The smallest absolute Gasteiger partial charge is 0.407 e. The molecule has 0 aromatic carbocycles. The van der Waals surface area contributed by atoms with E-state index in [0.29, 0.717) is 42.9 Å². The second-order valence-electron chi connectivity index (χ2n) is 6.92. The van der Waals surface area contributed by atoms with Crippen LogP contribution in [0.1, 0.15) is 25.0 Å². The van der Waals surface area contributed by atoms with Gasteiger partial charge < -0.3 is 24.4 Å². The standard InChI is InChI=1S/C19H23N5O4/c1-13-15(4-2-7-20-13)28-18-16-17(21-12-22-18)24(8-3-11-27-16)14-5-9-23(10-6-14)19(25)26/h2,4,7,12,14H,3,5-6,8-11H2,1H3,(H,25,26). The molecule has 0 unspecified atom stereocenters. The number of amides is 1. The van der Waals surface area contributed by atoms with E-state index in [2.05, 4.69) is 19.9 Å². The molecule has 0 atom stereocenters. The molecular formula is C19H23N5O4. The summed E-state index contributed by atoms with van der Waals surface area (Å²) in [5, 5.41) is 9.19. The van der Waals surface area contributed by atoms with Crippen molar-refractivity contribution in [2.24, 2.45) is 0 Å². The van der Waals surface area contributed by atoms with Crippen LogP contribution in [0.3, 0.4) is 0 Å². The van der Waals surface area contributed by atoms with Crippen LogP contribution in [-0.4, -0.2) is 63.3 Å². The molecule has 2 aromatic heterocycles. The molecule has 0 radical (unpaired) electrons. The number of rotatable bonds is 3. The van der Waals surface area contributed by atoms with Crippen LogP contribution in [0.5, 0.6) is 17.4 Å². The van der Waals surface area contributed by atoms with E-state index >= 15 is 0 Å². The average Bonchev–Trinajstić information content (AvgIpc) is 2.93. The van der Waals surface area contributed by atoms with E-state index in [-0.39, 0.29) is 6.04 Å². The normalized spacial score (nSPS) is 17.5. The van der Waals surface area contributed by atoms with Crippen LogP contribution in [0.15, 0.2) is 24.7 Å². The number of carboxylic acid groups (broad SMARTS) is 1.